The molecule has 0 aromatic heterocycles. The molecule has 0 radical (unpaired) electrons. The van der Waals surface area contributed by atoms with Crippen molar-refractivity contribution in [2.45, 2.75) is 13.0 Å². The highest BCUT2D eigenvalue weighted by Gasteiger charge is 2.09. The molecule has 26 heavy (non-hydrogen) atoms. The lowest BCUT2D eigenvalue weighted by atomic mass is 10.1. The van der Waals surface area contributed by atoms with Crippen molar-refractivity contribution in [1.29, 1.82) is 0 Å². The van der Waals surface area contributed by atoms with Crippen LogP contribution >= 0.6 is 39.9 Å². The van der Waals surface area contributed by atoms with E-state index in [2.05, 4.69) is 37.2 Å². The van der Waals surface area contributed by atoms with Gasteiger partial charge in [0.1, 0.15) is 11.5 Å². The lowest BCUT2D eigenvalue weighted by Gasteiger charge is -2.22. The van der Waals surface area contributed by atoms with Crippen molar-refractivity contribution in [2.75, 3.05) is 27.7 Å². The second-order valence-corrected chi connectivity index (χ2v) is 6.52. The predicted octanol–water partition coefficient (Wildman–Crippen LogP) is 4.03. The third-order valence-electron chi connectivity index (χ3n) is 3.91. The first-order valence-electron chi connectivity index (χ1n) is 8.06. The normalized spacial score (nSPS) is 10.8. The van der Waals surface area contributed by atoms with Gasteiger partial charge in [-0.05, 0) is 29.7 Å². The van der Waals surface area contributed by atoms with E-state index in [9.17, 15) is 5.11 Å². The van der Waals surface area contributed by atoms with Crippen LogP contribution in [0.4, 0.5) is 0 Å². The first kappa shape index (κ1) is 22.6. The number of halogens is 2. The summed E-state index contributed by atoms with van der Waals surface area (Å²) < 4.78 is 6.19. The number of phenols is 1. The van der Waals surface area contributed by atoms with Gasteiger partial charge >= 0.3 is 0 Å². The molecule has 5 nitrogen and oxygen atoms in total. The average molecular weight is 534 g/mol. The van der Waals surface area contributed by atoms with Gasteiger partial charge in [0.05, 0.1) is 7.11 Å². The number of hydrogen-bond donors (Lipinski definition) is 2. The molecular weight excluding hydrogens is 509 g/mol. The van der Waals surface area contributed by atoms with Crippen LogP contribution in [0.3, 0.4) is 0 Å². The summed E-state index contributed by atoms with van der Waals surface area (Å²) in [5.41, 5.74) is 2.07. The Labute approximate surface area is 180 Å². The first-order chi connectivity index (χ1) is 12.0. The maximum Gasteiger partial charge on any atom is 0.193 e. The van der Waals surface area contributed by atoms with Crippen LogP contribution in [0.15, 0.2) is 51.9 Å². The lowest BCUT2D eigenvalue weighted by Crippen LogP contribution is -2.39. The zero-order valence-corrected chi connectivity index (χ0v) is 19.1. The molecule has 0 aliphatic heterocycles. The van der Waals surface area contributed by atoms with Crippen molar-refractivity contribution < 1.29 is 9.84 Å². The Hall–Kier alpha value is -1.48. The minimum absolute atomic E-state index is 0. The fraction of sp³-hybridized carbons (Fsp3) is 0.316. The molecule has 0 atom stereocenters. The number of guanidine groups is 1. The number of ether oxygens (including phenoxy) is 1. The van der Waals surface area contributed by atoms with Gasteiger partial charge < -0.3 is 20.1 Å². The Morgan fingerprint density at radius 3 is 2.58 bits per heavy atom. The molecule has 142 valence electrons. The van der Waals surface area contributed by atoms with E-state index >= 15 is 0 Å². The quantitative estimate of drug-likeness (QED) is 0.334. The Kier molecular flexibility index (Phi) is 9.79. The summed E-state index contributed by atoms with van der Waals surface area (Å²) in [5.74, 6) is 1.71. The minimum Gasteiger partial charge on any atom is -0.508 e. The number of phenolic OH excluding ortho intramolecular Hbond substituents is 1. The summed E-state index contributed by atoms with van der Waals surface area (Å²) in [4.78, 5) is 6.39. The number of methoxy groups -OCH3 is 1. The molecule has 0 bridgehead atoms. The van der Waals surface area contributed by atoms with E-state index in [1.165, 1.54) is 5.56 Å². The standard InChI is InChI=1S/C19H24BrN3O2.HI/c1-21-19(23(2)13-15-6-4-5-7-17(15)20)22-11-10-14-8-9-16(25-3)12-18(14)24;/h4-9,12,24H,10-11,13H2,1-3H3,(H,21,22);1H. The Morgan fingerprint density at radius 1 is 1.23 bits per heavy atom. The van der Waals surface area contributed by atoms with Crippen molar-refractivity contribution in [3.8, 4) is 11.5 Å². The van der Waals surface area contributed by atoms with Gasteiger partial charge in [-0.3, -0.25) is 4.99 Å². The molecule has 7 heteroatoms. The van der Waals surface area contributed by atoms with Crippen LogP contribution < -0.4 is 10.1 Å². The second kappa shape index (κ2) is 11.3. The van der Waals surface area contributed by atoms with Gasteiger partial charge in [-0.15, -0.1) is 24.0 Å². The fourth-order valence-electron chi connectivity index (χ4n) is 2.53. The molecular formula is C19H25BrIN3O2. The average Bonchev–Trinajstić information content (AvgIpc) is 2.61. The molecule has 0 saturated heterocycles. The number of hydrogen-bond acceptors (Lipinski definition) is 3. The van der Waals surface area contributed by atoms with Crippen molar-refractivity contribution >= 4 is 45.9 Å². The number of benzene rings is 2. The Balaban J connectivity index is 0.00000338. The molecule has 2 aromatic rings. The summed E-state index contributed by atoms with van der Waals surface area (Å²) >= 11 is 3.57. The fourth-order valence-corrected chi connectivity index (χ4v) is 2.94. The van der Waals surface area contributed by atoms with Crippen molar-refractivity contribution in [2.24, 2.45) is 4.99 Å². The van der Waals surface area contributed by atoms with Crippen molar-refractivity contribution in [3.05, 3.63) is 58.1 Å². The van der Waals surface area contributed by atoms with Crippen molar-refractivity contribution in [3.63, 3.8) is 0 Å². The van der Waals surface area contributed by atoms with Crippen LogP contribution in [0, 0.1) is 0 Å². The number of aromatic hydroxyl groups is 1. The summed E-state index contributed by atoms with van der Waals surface area (Å²) in [7, 11) is 5.35. The van der Waals surface area contributed by atoms with Crippen molar-refractivity contribution in [1.82, 2.24) is 10.2 Å². The second-order valence-electron chi connectivity index (χ2n) is 5.67. The Bertz CT molecular complexity index is 740. The number of aliphatic imine (C=N–C) groups is 1. The molecule has 2 aromatic carbocycles. The first-order valence-corrected chi connectivity index (χ1v) is 8.85. The highest BCUT2D eigenvalue weighted by atomic mass is 127. The van der Waals surface area contributed by atoms with Crippen LogP contribution in [-0.2, 0) is 13.0 Å². The van der Waals surface area contributed by atoms with Crippen LogP contribution in [0.5, 0.6) is 11.5 Å². The van der Waals surface area contributed by atoms with Gasteiger partial charge in [-0.2, -0.15) is 0 Å². The summed E-state index contributed by atoms with van der Waals surface area (Å²) in [5, 5.41) is 13.4. The molecule has 0 aliphatic rings. The number of nitrogens with zero attached hydrogens (tertiary/aromatic N) is 2. The molecule has 0 spiro atoms. The van der Waals surface area contributed by atoms with Gasteiger partial charge in [0.15, 0.2) is 5.96 Å². The predicted molar refractivity (Wildman–Crippen MR) is 121 cm³/mol. The summed E-state index contributed by atoms with van der Waals surface area (Å²) in [6.45, 7) is 1.42. The van der Waals surface area contributed by atoms with Crippen LogP contribution in [0.2, 0.25) is 0 Å². The largest absolute Gasteiger partial charge is 0.508 e. The highest BCUT2D eigenvalue weighted by Crippen LogP contribution is 2.23. The van der Waals surface area contributed by atoms with Gasteiger partial charge in [0.25, 0.3) is 0 Å². The molecule has 2 N–H and O–H groups in total. The summed E-state index contributed by atoms with van der Waals surface area (Å²) in [6.07, 6.45) is 0.692. The van der Waals surface area contributed by atoms with Gasteiger partial charge in [-0.25, -0.2) is 0 Å². The highest BCUT2D eigenvalue weighted by molar-refractivity contribution is 14.0. The molecule has 0 fully saturated rings. The molecule has 0 heterocycles. The zero-order valence-electron chi connectivity index (χ0n) is 15.2. The molecule has 0 amide bonds. The van der Waals surface area contributed by atoms with E-state index in [1.807, 2.05) is 37.4 Å². The number of rotatable bonds is 6. The summed E-state index contributed by atoms with van der Waals surface area (Å²) in [6, 6.07) is 13.5. The van der Waals surface area contributed by atoms with Crippen LogP contribution in [0.1, 0.15) is 11.1 Å². The van der Waals surface area contributed by atoms with Gasteiger partial charge in [0, 0.05) is 37.7 Å². The van der Waals surface area contributed by atoms with E-state index in [1.54, 1.807) is 20.2 Å². The van der Waals surface area contributed by atoms with E-state index in [0.717, 1.165) is 22.5 Å². The van der Waals surface area contributed by atoms with Gasteiger partial charge in [-0.1, -0.05) is 40.2 Å². The van der Waals surface area contributed by atoms with E-state index in [-0.39, 0.29) is 29.7 Å². The Morgan fingerprint density at radius 2 is 1.96 bits per heavy atom. The molecule has 0 saturated carbocycles. The monoisotopic (exact) mass is 533 g/mol. The minimum atomic E-state index is 0. The molecule has 0 aliphatic carbocycles. The molecule has 2 rings (SSSR count). The van der Waals surface area contributed by atoms with E-state index in [4.69, 9.17) is 4.74 Å². The van der Waals surface area contributed by atoms with Crippen LogP contribution in [0.25, 0.3) is 0 Å². The maximum absolute atomic E-state index is 10.0. The zero-order chi connectivity index (χ0) is 18.2. The van der Waals surface area contributed by atoms with E-state index in [0.29, 0.717) is 18.7 Å². The third-order valence-corrected chi connectivity index (χ3v) is 4.68. The topological polar surface area (TPSA) is 57.1 Å². The number of nitrogens with one attached hydrogen (secondary N) is 1. The van der Waals surface area contributed by atoms with Gasteiger partial charge in [0.2, 0.25) is 0 Å². The SMILES string of the molecule is CN=C(NCCc1ccc(OC)cc1O)N(C)Cc1ccccc1Br.I. The smallest absolute Gasteiger partial charge is 0.193 e. The maximum atomic E-state index is 10.0. The lowest BCUT2D eigenvalue weighted by molar-refractivity contribution is 0.406. The molecule has 0 unspecified atom stereocenters. The van der Waals surface area contributed by atoms with Crippen LogP contribution in [-0.4, -0.2) is 43.7 Å². The third kappa shape index (κ3) is 6.35. The van der Waals surface area contributed by atoms with E-state index < -0.39 is 0 Å².